The van der Waals surface area contributed by atoms with Crippen molar-refractivity contribution in [3.05, 3.63) is 69.9 Å². The Labute approximate surface area is 128 Å². The summed E-state index contributed by atoms with van der Waals surface area (Å²) in [6, 6.07) is 13.0. The van der Waals surface area contributed by atoms with E-state index in [0.29, 0.717) is 16.5 Å². The molecule has 0 aliphatic carbocycles. The van der Waals surface area contributed by atoms with Crippen molar-refractivity contribution in [2.75, 3.05) is 0 Å². The van der Waals surface area contributed by atoms with Crippen LogP contribution < -0.4 is 0 Å². The summed E-state index contributed by atoms with van der Waals surface area (Å²) < 4.78 is 6.38. The highest BCUT2D eigenvalue weighted by Gasteiger charge is 2.15. The Balaban J connectivity index is 2.02. The van der Waals surface area contributed by atoms with Crippen molar-refractivity contribution in [1.29, 1.82) is 0 Å². The summed E-state index contributed by atoms with van der Waals surface area (Å²) in [5.41, 5.74) is 1.15. The SMILES string of the molecule is O=C(O)c1ccc2oc(C(=O)c3ccc(Br)cc3)cc2c1. The third-order valence-electron chi connectivity index (χ3n) is 3.09. The zero-order chi connectivity index (χ0) is 15.0. The molecule has 0 fully saturated rings. The van der Waals surface area contributed by atoms with E-state index in [1.54, 1.807) is 36.4 Å². The lowest BCUT2D eigenvalue weighted by Crippen LogP contribution is -1.98. The van der Waals surface area contributed by atoms with Crippen LogP contribution in [0.5, 0.6) is 0 Å². The number of carboxylic acids is 1. The van der Waals surface area contributed by atoms with Gasteiger partial charge in [-0.3, -0.25) is 4.79 Å². The van der Waals surface area contributed by atoms with E-state index in [4.69, 9.17) is 9.52 Å². The summed E-state index contributed by atoms with van der Waals surface area (Å²) in [6.07, 6.45) is 0. The fourth-order valence-corrected chi connectivity index (χ4v) is 2.30. The van der Waals surface area contributed by atoms with E-state index >= 15 is 0 Å². The van der Waals surface area contributed by atoms with E-state index in [9.17, 15) is 9.59 Å². The van der Waals surface area contributed by atoms with E-state index in [0.717, 1.165) is 4.47 Å². The van der Waals surface area contributed by atoms with E-state index in [1.165, 1.54) is 12.1 Å². The summed E-state index contributed by atoms with van der Waals surface area (Å²) in [5, 5.41) is 9.56. The molecule has 104 valence electrons. The van der Waals surface area contributed by atoms with Gasteiger partial charge in [0.2, 0.25) is 5.78 Å². The van der Waals surface area contributed by atoms with Gasteiger partial charge in [-0.2, -0.15) is 0 Å². The van der Waals surface area contributed by atoms with Crippen molar-refractivity contribution >= 4 is 38.7 Å². The van der Waals surface area contributed by atoms with E-state index in [2.05, 4.69) is 15.9 Å². The van der Waals surface area contributed by atoms with Crippen LogP contribution in [0.2, 0.25) is 0 Å². The number of aromatic carboxylic acids is 1. The molecule has 0 atom stereocenters. The third-order valence-corrected chi connectivity index (χ3v) is 3.62. The molecule has 0 unspecified atom stereocenters. The number of hydrogen-bond acceptors (Lipinski definition) is 3. The second-order valence-electron chi connectivity index (χ2n) is 4.50. The fourth-order valence-electron chi connectivity index (χ4n) is 2.03. The van der Waals surface area contributed by atoms with Crippen molar-refractivity contribution in [1.82, 2.24) is 0 Å². The zero-order valence-electron chi connectivity index (χ0n) is 10.7. The average Bonchev–Trinajstić information content (AvgIpc) is 2.90. The lowest BCUT2D eigenvalue weighted by molar-refractivity contribution is 0.0697. The van der Waals surface area contributed by atoms with Crippen molar-refractivity contribution < 1.29 is 19.1 Å². The number of carboxylic acid groups (broad SMARTS) is 1. The molecule has 3 aromatic rings. The summed E-state index contributed by atoms with van der Waals surface area (Å²) in [5.74, 6) is -1.07. The van der Waals surface area contributed by atoms with E-state index in [-0.39, 0.29) is 17.1 Å². The third kappa shape index (κ3) is 2.60. The molecule has 0 saturated heterocycles. The Kier molecular flexibility index (Phi) is 3.35. The largest absolute Gasteiger partial charge is 0.478 e. The van der Waals surface area contributed by atoms with E-state index < -0.39 is 5.97 Å². The van der Waals surface area contributed by atoms with Gasteiger partial charge in [0.25, 0.3) is 0 Å². The van der Waals surface area contributed by atoms with Crippen LogP contribution in [0.3, 0.4) is 0 Å². The lowest BCUT2D eigenvalue weighted by atomic mass is 10.1. The second kappa shape index (κ2) is 5.18. The molecule has 21 heavy (non-hydrogen) atoms. The molecule has 0 aliphatic rings. The first kappa shape index (κ1) is 13.6. The maximum atomic E-state index is 12.3. The minimum atomic E-state index is -1.01. The number of fused-ring (bicyclic) bond motifs is 1. The average molecular weight is 345 g/mol. The van der Waals surface area contributed by atoms with Crippen LogP contribution in [0.15, 0.2) is 57.4 Å². The molecule has 4 nitrogen and oxygen atoms in total. The molecule has 3 rings (SSSR count). The Hall–Kier alpha value is -2.40. The van der Waals surface area contributed by atoms with Crippen LogP contribution >= 0.6 is 15.9 Å². The molecule has 0 amide bonds. The Bertz CT molecular complexity index is 846. The van der Waals surface area contributed by atoms with E-state index in [1.807, 2.05) is 0 Å². The molecule has 0 bridgehead atoms. The Morgan fingerprint density at radius 3 is 2.29 bits per heavy atom. The van der Waals surface area contributed by atoms with Gasteiger partial charge in [-0.25, -0.2) is 4.79 Å². The normalized spacial score (nSPS) is 10.7. The summed E-state index contributed by atoms with van der Waals surface area (Å²) in [6.45, 7) is 0. The monoisotopic (exact) mass is 344 g/mol. The highest BCUT2D eigenvalue weighted by atomic mass is 79.9. The molecule has 1 N–H and O–H groups in total. The lowest BCUT2D eigenvalue weighted by Gasteiger charge is -1.97. The second-order valence-corrected chi connectivity index (χ2v) is 5.42. The molecule has 5 heteroatoms. The predicted molar refractivity (Wildman–Crippen MR) is 80.7 cm³/mol. The van der Waals surface area contributed by atoms with Gasteiger partial charge in [-0.1, -0.05) is 15.9 Å². The molecule has 0 radical (unpaired) electrons. The molecule has 1 heterocycles. The van der Waals surface area contributed by atoms with Gasteiger partial charge in [0, 0.05) is 15.4 Å². The first-order valence-corrected chi connectivity index (χ1v) is 6.91. The maximum absolute atomic E-state index is 12.3. The highest BCUT2D eigenvalue weighted by molar-refractivity contribution is 9.10. The van der Waals surface area contributed by atoms with Crippen molar-refractivity contribution in [2.24, 2.45) is 0 Å². The molecule has 2 aromatic carbocycles. The van der Waals surface area contributed by atoms with Crippen LogP contribution in [0, 0.1) is 0 Å². The van der Waals surface area contributed by atoms with Crippen molar-refractivity contribution in [3.63, 3.8) is 0 Å². The van der Waals surface area contributed by atoms with Gasteiger partial charge >= 0.3 is 5.97 Å². The number of carbonyl (C=O) groups excluding carboxylic acids is 1. The molecular formula is C16H9BrO4. The van der Waals surface area contributed by atoms with Gasteiger partial charge in [0.1, 0.15) is 5.58 Å². The zero-order valence-corrected chi connectivity index (χ0v) is 12.3. The standard InChI is InChI=1S/C16H9BrO4/c17-12-4-1-9(2-5-12)15(18)14-8-11-7-10(16(19)20)3-6-13(11)21-14/h1-8H,(H,19,20). The number of carbonyl (C=O) groups is 2. The van der Waals surface area contributed by atoms with Crippen LogP contribution in [-0.2, 0) is 0 Å². The van der Waals surface area contributed by atoms with Gasteiger partial charge in [0.05, 0.1) is 5.56 Å². The van der Waals surface area contributed by atoms with Gasteiger partial charge in [0.15, 0.2) is 5.76 Å². The molecule has 0 spiro atoms. The smallest absolute Gasteiger partial charge is 0.335 e. The number of halogens is 1. The number of ketones is 1. The quantitative estimate of drug-likeness (QED) is 0.725. The van der Waals surface area contributed by atoms with Gasteiger partial charge in [-0.15, -0.1) is 0 Å². The maximum Gasteiger partial charge on any atom is 0.335 e. The van der Waals surface area contributed by atoms with Gasteiger partial charge in [-0.05, 0) is 48.5 Å². The van der Waals surface area contributed by atoms with Crippen LogP contribution in [-0.4, -0.2) is 16.9 Å². The minimum Gasteiger partial charge on any atom is -0.478 e. The van der Waals surface area contributed by atoms with Crippen LogP contribution in [0.1, 0.15) is 26.5 Å². The first-order chi connectivity index (χ1) is 10.0. The summed E-state index contributed by atoms with van der Waals surface area (Å²) >= 11 is 3.31. The molecule has 1 aromatic heterocycles. The molecule has 0 saturated carbocycles. The predicted octanol–water partition coefficient (Wildman–Crippen LogP) is 4.12. The van der Waals surface area contributed by atoms with Crippen LogP contribution in [0.25, 0.3) is 11.0 Å². The molecule has 0 aliphatic heterocycles. The van der Waals surface area contributed by atoms with Crippen molar-refractivity contribution in [2.45, 2.75) is 0 Å². The topological polar surface area (TPSA) is 67.5 Å². The highest BCUT2D eigenvalue weighted by Crippen LogP contribution is 2.23. The Morgan fingerprint density at radius 1 is 0.952 bits per heavy atom. The summed E-state index contributed by atoms with van der Waals surface area (Å²) in [4.78, 5) is 23.3. The number of benzene rings is 2. The summed E-state index contributed by atoms with van der Waals surface area (Å²) in [7, 11) is 0. The number of furan rings is 1. The molecular weight excluding hydrogens is 336 g/mol. The Morgan fingerprint density at radius 2 is 1.62 bits per heavy atom. The van der Waals surface area contributed by atoms with Gasteiger partial charge < -0.3 is 9.52 Å². The first-order valence-electron chi connectivity index (χ1n) is 6.12. The number of hydrogen-bond donors (Lipinski definition) is 1. The number of rotatable bonds is 3. The van der Waals surface area contributed by atoms with Crippen LogP contribution in [0.4, 0.5) is 0 Å². The fraction of sp³-hybridized carbons (Fsp3) is 0. The minimum absolute atomic E-state index is 0.158. The van der Waals surface area contributed by atoms with Crippen molar-refractivity contribution in [3.8, 4) is 0 Å².